The van der Waals surface area contributed by atoms with Crippen LogP contribution in [0.25, 0.3) is 0 Å². The third-order valence-corrected chi connectivity index (χ3v) is 3.94. The second-order valence-corrected chi connectivity index (χ2v) is 5.84. The molecule has 7 heteroatoms. The Kier molecular flexibility index (Phi) is 6.68. The van der Waals surface area contributed by atoms with Crippen molar-refractivity contribution >= 4 is 23.2 Å². The molecule has 2 N–H and O–H groups in total. The molecule has 2 aromatic rings. The van der Waals surface area contributed by atoms with Crippen LogP contribution in [0.2, 0.25) is 0 Å². The number of halogens is 1. The minimum atomic E-state index is -0.615. The number of nitrogens with one attached hydrogen (secondary N) is 2. The Hall–Kier alpha value is -2.93. The van der Waals surface area contributed by atoms with Gasteiger partial charge in [-0.3, -0.25) is 14.5 Å². The SMILES string of the molecule is COc1ccc(NC(=O)CN(C)[C@H](C)C(=O)Nc2ccccc2F)cc1. The van der Waals surface area contributed by atoms with Crippen LogP contribution in [0.15, 0.2) is 48.5 Å². The number of ether oxygens (including phenoxy) is 1. The maximum Gasteiger partial charge on any atom is 0.241 e. The van der Waals surface area contributed by atoms with Crippen LogP contribution >= 0.6 is 0 Å². The van der Waals surface area contributed by atoms with Gasteiger partial charge in [-0.25, -0.2) is 4.39 Å². The molecule has 0 aliphatic carbocycles. The fourth-order valence-corrected chi connectivity index (χ4v) is 2.24. The number of carbonyl (C=O) groups is 2. The second kappa shape index (κ2) is 8.96. The van der Waals surface area contributed by atoms with Gasteiger partial charge in [-0.05, 0) is 50.4 Å². The third-order valence-electron chi connectivity index (χ3n) is 3.94. The second-order valence-electron chi connectivity index (χ2n) is 5.84. The molecule has 0 aromatic heterocycles. The Morgan fingerprint density at radius 3 is 2.38 bits per heavy atom. The molecule has 0 bridgehead atoms. The Balaban J connectivity index is 1.88. The number of benzene rings is 2. The number of amides is 2. The van der Waals surface area contributed by atoms with E-state index in [0.717, 1.165) is 0 Å². The van der Waals surface area contributed by atoms with Gasteiger partial charge in [0, 0.05) is 5.69 Å². The van der Waals surface area contributed by atoms with Gasteiger partial charge in [0.2, 0.25) is 11.8 Å². The zero-order valence-electron chi connectivity index (χ0n) is 15.0. The summed E-state index contributed by atoms with van der Waals surface area (Å²) in [6.45, 7) is 1.66. The summed E-state index contributed by atoms with van der Waals surface area (Å²) in [6, 6.07) is 12.3. The van der Waals surface area contributed by atoms with E-state index in [-0.39, 0.29) is 18.1 Å². The largest absolute Gasteiger partial charge is 0.497 e. The van der Waals surface area contributed by atoms with Gasteiger partial charge in [-0.1, -0.05) is 12.1 Å². The van der Waals surface area contributed by atoms with Gasteiger partial charge in [0.15, 0.2) is 0 Å². The lowest BCUT2D eigenvalue weighted by molar-refractivity contribution is -0.122. The van der Waals surface area contributed by atoms with E-state index < -0.39 is 17.8 Å². The zero-order chi connectivity index (χ0) is 19.1. The van der Waals surface area contributed by atoms with E-state index >= 15 is 0 Å². The number of methoxy groups -OCH3 is 1. The molecule has 0 saturated heterocycles. The van der Waals surface area contributed by atoms with Crippen LogP contribution in [0.4, 0.5) is 15.8 Å². The molecule has 0 radical (unpaired) electrons. The van der Waals surface area contributed by atoms with E-state index in [2.05, 4.69) is 10.6 Å². The minimum Gasteiger partial charge on any atom is -0.497 e. The number of hydrogen-bond acceptors (Lipinski definition) is 4. The molecule has 138 valence electrons. The topological polar surface area (TPSA) is 70.7 Å². The highest BCUT2D eigenvalue weighted by Gasteiger charge is 2.21. The number of anilines is 2. The Labute approximate surface area is 152 Å². The summed E-state index contributed by atoms with van der Waals surface area (Å²) in [7, 11) is 3.22. The fraction of sp³-hybridized carbons (Fsp3) is 0.263. The normalized spacial score (nSPS) is 11.7. The predicted molar refractivity (Wildman–Crippen MR) is 98.7 cm³/mol. The van der Waals surface area contributed by atoms with Gasteiger partial charge in [-0.15, -0.1) is 0 Å². The van der Waals surface area contributed by atoms with Crippen LogP contribution in [-0.4, -0.2) is 43.5 Å². The molecule has 26 heavy (non-hydrogen) atoms. The van der Waals surface area contributed by atoms with Crippen molar-refractivity contribution in [2.45, 2.75) is 13.0 Å². The first kappa shape index (κ1) is 19.4. The molecule has 2 rings (SSSR count). The summed E-state index contributed by atoms with van der Waals surface area (Å²) in [5.41, 5.74) is 0.744. The molecule has 0 aliphatic rings. The number of carbonyl (C=O) groups excluding carboxylic acids is 2. The Bertz CT molecular complexity index is 765. The summed E-state index contributed by atoms with van der Waals surface area (Å²) >= 11 is 0. The van der Waals surface area contributed by atoms with Crippen LogP contribution in [0, 0.1) is 5.82 Å². The highest BCUT2D eigenvalue weighted by Crippen LogP contribution is 2.15. The molecule has 0 aliphatic heterocycles. The highest BCUT2D eigenvalue weighted by molar-refractivity contribution is 5.96. The molecule has 2 amide bonds. The van der Waals surface area contributed by atoms with E-state index in [1.807, 2.05) is 0 Å². The zero-order valence-corrected chi connectivity index (χ0v) is 15.0. The van der Waals surface area contributed by atoms with Gasteiger partial charge in [0.1, 0.15) is 11.6 Å². The molecular weight excluding hydrogens is 337 g/mol. The van der Waals surface area contributed by atoms with Crippen LogP contribution in [0.5, 0.6) is 5.75 Å². The lowest BCUT2D eigenvalue weighted by atomic mass is 10.2. The van der Waals surface area contributed by atoms with Gasteiger partial charge in [0.05, 0.1) is 25.4 Å². The summed E-state index contributed by atoms with van der Waals surface area (Å²) in [6.07, 6.45) is 0. The number of nitrogens with zero attached hydrogens (tertiary/aromatic N) is 1. The van der Waals surface area contributed by atoms with Crippen LogP contribution < -0.4 is 15.4 Å². The summed E-state index contributed by atoms with van der Waals surface area (Å²) in [5, 5.41) is 5.27. The lowest BCUT2D eigenvalue weighted by Crippen LogP contribution is -2.43. The molecule has 0 spiro atoms. The van der Waals surface area contributed by atoms with Gasteiger partial charge in [-0.2, -0.15) is 0 Å². The van der Waals surface area contributed by atoms with E-state index in [0.29, 0.717) is 11.4 Å². The van der Waals surface area contributed by atoms with Crippen molar-refractivity contribution in [3.63, 3.8) is 0 Å². The first-order chi connectivity index (χ1) is 12.4. The van der Waals surface area contributed by atoms with Crippen molar-refractivity contribution in [1.82, 2.24) is 4.90 Å². The quantitative estimate of drug-likeness (QED) is 0.797. The number of para-hydroxylation sites is 1. The summed E-state index contributed by atoms with van der Waals surface area (Å²) in [4.78, 5) is 26.0. The highest BCUT2D eigenvalue weighted by atomic mass is 19.1. The standard InChI is InChI=1S/C19H22FN3O3/c1-13(19(25)22-17-7-5-4-6-16(17)20)23(2)12-18(24)21-14-8-10-15(26-3)11-9-14/h4-11,13H,12H2,1-3H3,(H,21,24)(H,22,25)/t13-/m1/s1. The van der Waals surface area contributed by atoms with Crippen molar-refractivity contribution in [1.29, 1.82) is 0 Å². The molecular formula is C19H22FN3O3. The number of rotatable bonds is 7. The molecule has 1 atom stereocenters. The van der Waals surface area contributed by atoms with Gasteiger partial charge in [0.25, 0.3) is 0 Å². The van der Waals surface area contributed by atoms with Crippen LogP contribution in [0.3, 0.4) is 0 Å². The summed E-state index contributed by atoms with van der Waals surface area (Å²) in [5.74, 6) is -0.468. The summed E-state index contributed by atoms with van der Waals surface area (Å²) < 4.78 is 18.7. The first-order valence-corrected chi connectivity index (χ1v) is 8.10. The van der Waals surface area contributed by atoms with Crippen molar-refractivity contribution < 1.29 is 18.7 Å². The van der Waals surface area contributed by atoms with Crippen molar-refractivity contribution in [3.05, 3.63) is 54.3 Å². The van der Waals surface area contributed by atoms with E-state index in [4.69, 9.17) is 4.74 Å². The van der Waals surface area contributed by atoms with E-state index in [1.165, 1.54) is 12.1 Å². The maximum absolute atomic E-state index is 13.6. The van der Waals surface area contributed by atoms with Crippen LogP contribution in [-0.2, 0) is 9.59 Å². The van der Waals surface area contributed by atoms with E-state index in [9.17, 15) is 14.0 Å². The maximum atomic E-state index is 13.6. The van der Waals surface area contributed by atoms with Crippen LogP contribution in [0.1, 0.15) is 6.92 Å². The van der Waals surface area contributed by atoms with E-state index in [1.54, 1.807) is 62.4 Å². The predicted octanol–water partition coefficient (Wildman–Crippen LogP) is 2.73. The monoisotopic (exact) mass is 359 g/mol. The third kappa shape index (κ3) is 5.29. The fourth-order valence-electron chi connectivity index (χ4n) is 2.24. The molecule has 0 saturated carbocycles. The molecule has 6 nitrogen and oxygen atoms in total. The number of hydrogen-bond donors (Lipinski definition) is 2. The lowest BCUT2D eigenvalue weighted by Gasteiger charge is -2.23. The van der Waals surface area contributed by atoms with Crippen molar-refractivity contribution in [3.8, 4) is 5.75 Å². The Morgan fingerprint density at radius 2 is 1.77 bits per heavy atom. The molecule has 0 unspecified atom stereocenters. The average Bonchev–Trinajstić information content (AvgIpc) is 2.63. The molecule has 2 aromatic carbocycles. The molecule has 0 heterocycles. The Morgan fingerprint density at radius 1 is 1.12 bits per heavy atom. The van der Waals surface area contributed by atoms with Crippen molar-refractivity contribution in [2.75, 3.05) is 31.3 Å². The van der Waals surface area contributed by atoms with Crippen molar-refractivity contribution in [2.24, 2.45) is 0 Å². The average molecular weight is 359 g/mol. The number of likely N-dealkylation sites (N-methyl/N-ethyl adjacent to an activating group) is 1. The smallest absolute Gasteiger partial charge is 0.241 e. The molecule has 0 fully saturated rings. The van der Waals surface area contributed by atoms with Gasteiger partial charge >= 0.3 is 0 Å². The van der Waals surface area contributed by atoms with Gasteiger partial charge < -0.3 is 15.4 Å². The first-order valence-electron chi connectivity index (χ1n) is 8.10. The minimum absolute atomic E-state index is 0.0118.